The zero-order valence-corrected chi connectivity index (χ0v) is 15.0. The van der Waals surface area contributed by atoms with Gasteiger partial charge in [0.15, 0.2) is 5.69 Å². The molecule has 0 atom stereocenters. The first-order valence-corrected chi connectivity index (χ1v) is 8.50. The molecular weight excluding hydrogens is 338 g/mol. The van der Waals surface area contributed by atoms with Gasteiger partial charge in [0, 0.05) is 19.2 Å². The summed E-state index contributed by atoms with van der Waals surface area (Å²) in [5.74, 6) is 1.17. The molecule has 25 heavy (non-hydrogen) atoms. The Kier molecular flexibility index (Phi) is 5.31. The SMILES string of the molecule is CN1CCC(N(C)c2cc(Nc3cnc(C#N)cn3)ncc2Cl)CC1. The molecule has 2 aromatic heterocycles. The van der Waals surface area contributed by atoms with Crippen LogP contribution in [-0.4, -0.2) is 53.1 Å². The van der Waals surface area contributed by atoms with Crippen molar-refractivity contribution in [3.05, 3.63) is 35.4 Å². The van der Waals surface area contributed by atoms with Crippen LogP contribution in [0.2, 0.25) is 5.02 Å². The molecule has 130 valence electrons. The molecule has 3 rings (SSSR count). The first-order chi connectivity index (χ1) is 12.1. The number of anilines is 3. The number of nitrogens with zero attached hydrogens (tertiary/aromatic N) is 6. The van der Waals surface area contributed by atoms with Crippen molar-refractivity contribution in [3.63, 3.8) is 0 Å². The highest BCUT2D eigenvalue weighted by Crippen LogP contribution is 2.31. The van der Waals surface area contributed by atoms with Crippen LogP contribution in [0.25, 0.3) is 0 Å². The second-order valence-corrected chi connectivity index (χ2v) is 6.60. The zero-order chi connectivity index (χ0) is 17.8. The molecule has 1 aliphatic heterocycles. The number of nitrogens with one attached hydrogen (secondary N) is 1. The highest BCUT2D eigenvalue weighted by Gasteiger charge is 2.22. The van der Waals surface area contributed by atoms with Gasteiger partial charge in [-0.05, 0) is 33.0 Å². The number of nitriles is 1. The molecule has 3 heterocycles. The van der Waals surface area contributed by atoms with Crippen molar-refractivity contribution in [2.75, 3.05) is 37.4 Å². The summed E-state index contributed by atoms with van der Waals surface area (Å²) in [7, 11) is 4.22. The normalized spacial score (nSPS) is 15.6. The molecule has 0 bridgehead atoms. The van der Waals surface area contributed by atoms with Gasteiger partial charge in [0.1, 0.15) is 17.7 Å². The Morgan fingerprint density at radius 3 is 2.56 bits per heavy atom. The zero-order valence-electron chi connectivity index (χ0n) is 14.3. The van der Waals surface area contributed by atoms with Crippen LogP contribution in [0, 0.1) is 11.3 Å². The summed E-state index contributed by atoms with van der Waals surface area (Å²) in [5.41, 5.74) is 1.22. The minimum Gasteiger partial charge on any atom is -0.370 e. The Bertz CT molecular complexity index is 764. The second kappa shape index (κ2) is 7.64. The van der Waals surface area contributed by atoms with Crippen LogP contribution in [0.1, 0.15) is 18.5 Å². The van der Waals surface area contributed by atoms with Crippen molar-refractivity contribution >= 4 is 28.9 Å². The second-order valence-electron chi connectivity index (χ2n) is 6.19. The van der Waals surface area contributed by atoms with Gasteiger partial charge in [0.25, 0.3) is 0 Å². The molecule has 1 fully saturated rings. The largest absolute Gasteiger partial charge is 0.370 e. The van der Waals surface area contributed by atoms with E-state index in [0.717, 1.165) is 31.6 Å². The van der Waals surface area contributed by atoms with Crippen molar-refractivity contribution in [1.82, 2.24) is 19.9 Å². The Balaban J connectivity index is 1.76. The fourth-order valence-corrected chi connectivity index (χ4v) is 3.16. The Hall–Kier alpha value is -2.43. The number of piperidine rings is 1. The molecule has 0 aromatic carbocycles. The molecule has 0 amide bonds. The standard InChI is InChI=1S/C17H20ClN7/c1-24-5-3-13(4-6-24)25(2)15-7-16(22-10-14(15)18)23-17-11-20-12(8-19)9-21-17/h7,9-11,13H,3-6H2,1-2H3,(H,21,22,23). The summed E-state index contributed by atoms with van der Waals surface area (Å²) in [5, 5.41) is 12.5. The highest BCUT2D eigenvalue weighted by molar-refractivity contribution is 6.33. The van der Waals surface area contributed by atoms with E-state index in [4.69, 9.17) is 16.9 Å². The van der Waals surface area contributed by atoms with Crippen LogP contribution in [0.3, 0.4) is 0 Å². The van der Waals surface area contributed by atoms with E-state index in [-0.39, 0.29) is 5.69 Å². The van der Waals surface area contributed by atoms with E-state index in [1.54, 1.807) is 6.20 Å². The lowest BCUT2D eigenvalue weighted by Crippen LogP contribution is -2.42. The summed E-state index contributed by atoms with van der Waals surface area (Å²) in [6, 6.07) is 4.32. The topological polar surface area (TPSA) is 81.0 Å². The average Bonchev–Trinajstić information content (AvgIpc) is 2.64. The fraction of sp³-hybridized carbons (Fsp3) is 0.412. The third kappa shape index (κ3) is 4.16. The molecule has 7 nitrogen and oxygen atoms in total. The Morgan fingerprint density at radius 2 is 1.92 bits per heavy atom. The number of halogens is 1. The number of hydrogen-bond donors (Lipinski definition) is 1. The van der Waals surface area contributed by atoms with E-state index in [1.807, 2.05) is 12.1 Å². The van der Waals surface area contributed by atoms with Crippen molar-refractivity contribution in [2.24, 2.45) is 0 Å². The number of aromatic nitrogens is 3. The Morgan fingerprint density at radius 1 is 1.20 bits per heavy atom. The van der Waals surface area contributed by atoms with Gasteiger partial charge in [-0.15, -0.1) is 0 Å². The molecule has 1 saturated heterocycles. The molecule has 0 spiro atoms. The first kappa shape index (κ1) is 17.4. The maximum atomic E-state index is 8.78. The van der Waals surface area contributed by atoms with Crippen molar-refractivity contribution in [3.8, 4) is 6.07 Å². The van der Waals surface area contributed by atoms with Crippen molar-refractivity contribution < 1.29 is 0 Å². The molecule has 2 aromatic rings. The van der Waals surface area contributed by atoms with Gasteiger partial charge in [0.05, 0.1) is 29.3 Å². The molecule has 0 unspecified atom stereocenters. The molecule has 0 saturated carbocycles. The predicted octanol–water partition coefficient (Wildman–Crippen LogP) is 2.67. The predicted molar refractivity (Wildman–Crippen MR) is 98.2 cm³/mol. The van der Waals surface area contributed by atoms with E-state index in [0.29, 0.717) is 22.7 Å². The van der Waals surface area contributed by atoms with Crippen LogP contribution in [0.5, 0.6) is 0 Å². The van der Waals surface area contributed by atoms with Gasteiger partial charge in [0.2, 0.25) is 0 Å². The van der Waals surface area contributed by atoms with Crippen LogP contribution < -0.4 is 10.2 Å². The molecule has 1 N–H and O–H groups in total. The molecular formula is C17H20ClN7. The van der Waals surface area contributed by atoms with E-state index in [2.05, 4.69) is 44.2 Å². The molecule has 8 heteroatoms. The number of hydrogen-bond acceptors (Lipinski definition) is 7. The van der Waals surface area contributed by atoms with Crippen molar-refractivity contribution in [2.45, 2.75) is 18.9 Å². The van der Waals surface area contributed by atoms with Gasteiger partial charge < -0.3 is 15.1 Å². The fourth-order valence-electron chi connectivity index (χ4n) is 2.93. The van der Waals surface area contributed by atoms with Crippen molar-refractivity contribution in [1.29, 1.82) is 5.26 Å². The summed E-state index contributed by atoms with van der Waals surface area (Å²) in [6.45, 7) is 2.17. The minimum atomic E-state index is 0.275. The maximum absolute atomic E-state index is 8.78. The molecule has 1 aliphatic rings. The van der Waals surface area contributed by atoms with Gasteiger partial charge >= 0.3 is 0 Å². The summed E-state index contributed by atoms with van der Waals surface area (Å²) >= 11 is 6.38. The summed E-state index contributed by atoms with van der Waals surface area (Å²) in [4.78, 5) is 17.0. The van der Waals surface area contributed by atoms with Crippen LogP contribution in [0.4, 0.5) is 17.3 Å². The van der Waals surface area contributed by atoms with E-state index in [9.17, 15) is 0 Å². The maximum Gasteiger partial charge on any atom is 0.158 e. The molecule has 0 aliphatic carbocycles. The monoisotopic (exact) mass is 357 g/mol. The minimum absolute atomic E-state index is 0.275. The quantitative estimate of drug-likeness (QED) is 0.900. The van der Waals surface area contributed by atoms with Crippen LogP contribution in [0.15, 0.2) is 24.7 Å². The van der Waals surface area contributed by atoms with Crippen LogP contribution >= 0.6 is 11.6 Å². The molecule has 0 radical (unpaired) electrons. The lowest BCUT2D eigenvalue weighted by atomic mass is 10.0. The van der Waals surface area contributed by atoms with E-state index < -0.39 is 0 Å². The first-order valence-electron chi connectivity index (χ1n) is 8.13. The highest BCUT2D eigenvalue weighted by atomic mass is 35.5. The average molecular weight is 358 g/mol. The van der Waals surface area contributed by atoms with E-state index >= 15 is 0 Å². The van der Waals surface area contributed by atoms with Gasteiger partial charge in [-0.25, -0.2) is 15.0 Å². The third-order valence-corrected chi connectivity index (χ3v) is 4.76. The number of likely N-dealkylation sites (tertiary alicyclic amines) is 1. The van der Waals surface area contributed by atoms with Crippen LogP contribution in [-0.2, 0) is 0 Å². The summed E-state index contributed by atoms with van der Waals surface area (Å²) < 4.78 is 0. The lowest BCUT2D eigenvalue weighted by molar-refractivity contribution is 0.253. The van der Waals surface area contributed by atoms with Gasteiger partial charge in [-0.1, -0.05) is 11.6 Å². The number of pyridine rings is 1. The summed E-state index contributed by atoms with van der Waals surface area (Å²) in [6.07, 6.45) is 6.78. The van der Waals surface area contributed by atoms with Gasteiger partial charge in [-0.2, -0.15) is 5.26 Å². The third-order valence-electron chi connectivity index (χ3n) is 4.47. The Labute approximate surface area is 152 Å². The number of rotatable bonds is 4. The lowest BCUT2D eigenvalue weighted by Gasteiger charge is -2.36. The van der Waals surface area contributed by atoms with E-state index in [1.165, 1.54) is 12.4 Å². The smallest absolute Gasteiger partial charge is 0.158 e. The van der Waals surface area contributed by atoms with Gasteiger partial charge in [-0.3, -0.25) is 0 Å².